The number of nitrogens with zero attached hydrogens (tertiary/aromatic N) is 4. The number of rotatable bonds is 4. The fourth-order valence-electron chi connectivity index (χ4n) is 9.46. The van der Waals surface area contributed by atoms with Crippen molar-refractivity contribution in [1.82, 2.24) is 19.1 Å². The molecule has 5 heteroatoms. The molecule has 0 amide bonds. The Labute approximate surface area is 337 Å². The summed E-state index contributed by atoms with van der Waals surface area (Å²) in [5, 5.41) is 10.1. The number of hydrogen-bond donors (Lipinski definition) is 0. The molecule has 13 aromatic rings. The molecule has 0 atom stereocenters. The van der Waals surface area contributed by atoms with Gasteiger partial charge < -0.3 is 8.98 Å². The third-order valence-electron chi connectivity index (χ3n) is 12.1. The van der Waals surface area contributed by atoms with Crippen molar-refractivity contribution < 1.29 is 4.42 Å². The lowest BCUT2D eigenvalue weighted by molar-refractivity contribution is 0.674. The van der Waals surface area contributed by atoms with Crippen LogP contribution < -0.4 is 0 Å². The van der Waals surface area contributed by atoms with Gasteiger partial charge in [-0.05, 0) is 71.6 Å². The molecule has 274 valence electrons. The van der Waals surface area contributed by atoms with Gasteiger partial charge in [-0.2, -0.15) is 0 Å². The van der Waals surface area contributed by atoms with E-state index in [1.165, 1.54) is 16.3 Å². The third-order valence-corrected chi connectivity index (χ3v) is 12.1. The normalized spacial score (nSPS) is 12.1. The lowest BCUT2D eigenvalue weighted by Crippen LogP contribution is -2.03. The van der Waals surface area contributed by atoms with Gasteiger partial charge in [0.05, 0.1) is 33.3 Å². The van der Waals surface area contributed by atoms with Gasteiger partial charge in [0, 0.05) is 59.9 Å². The summed E-state index contributed by atoms with van der Waals surface area (Å²) in [6.07, 6.45) is 0. The van der Waals surface area contributed by atoms with E-state index < -0.39 is 0 Å². The largest absolute Gasteiger partial charge is 0.455 e. The highest BCUT2D eigenvalue weighted by molar-refractivity contribution is 6.20. The minimum Gasteiger partial charge on any atom is -0.455 e. The molecule has 0 saturated carbocycles. The molecule has 9 aromatic carbocycles. The smallest absolute Gasteiger partial charge is 0.235 e. The first-order valence-corrected chi connectivity index (χ1v) is 20.0. The predicted molar refractivity (Wildman–Crippen MR) is 244 cm³/mol. The van der Waals surface area contributed by atoms with Crippen molar-refractivity contribution in [2.45, 2.75) is 0 Å². The number of para-hydroxylation sites is 4. The van der Waals surface area contributed by atoms with Gasteiger partial charge in [-0.1, -0.05) is 133 Å². The van der Waals surface area contributed by atoms with Crippen LogP contribution in [0.15, 0.2) is 199 Å². The molecule has 0 aliphatic rings. The lowest BCUT2D eigenvalue weighted by atomic mass is 9.96. The van der Waals surface area contributed by atoms with E-state index in [1.807, 2.05) is 0 Å². The lowest BCUT2D eigenvalue weighted by Gasteiger charge is -2.13. The first kappa shape index (κ1) is 32.1. The summed E-state index contributed by atoms with van der Waals surface area (Å²) in [5.74, 6) is 0.621. The molecule has 0 aliphatic heterocycles. The van der Waals surface area contributed by atoms with E-state index in [0.29, 0.717) is 5.95 Å². The Hall–Kier alpha value is -8.02. The summed E-state index contributed by atoms with van der Waals surface area (Å²) in [4.78, 5) is 10.9. The molecule has 4 heterocycles. The van der Waals surface area contributed by atoms with E-state index in [1.54, 1.807) is 0 Å². The van der Waals surface area contributed by atoms with Crippen molar-refractivity contribution in [3.8, 4) is 34.0 Å². The topological polar surface area (TPSA) is 48.8 Å². The van der Waals surface area contributed by atoms with Crippen molar-refractivity contribution in [1.29, 1.82) is 0 Å². The van der Waals surface area contributed by atoms with Crippen LogP contribution in [-0.4, -0.2) is 19.1 Å². The Balaban J connectivity index is 1.13. The van der Waals surface area contributed by atoms with Crippen LogP contribution in [0.25, 0.3) is 121 Å². The second kappa shape index (κ2) is 12.2. The van der Waals surface area contributed by atoms with Gasteiger partial charge in [-0.3, -0.25) is 4.57 Å². The van der Waals surface area contributed by atoms with Gasteiger partial charge in [-0.25, -0.2) is 9.97 Å². The summed E-state index contributed by atoms with van der Waals surface area (Å²) in [6, 6.07) is 68.9. The predicted octanol–water partition coefficient (Wildman–Crippen LogP) is 14.2. The number of aromatic nitrogens is 4. The minimum atomic E-state index is 0.621. The fraction of sp³-hybridized carbons (Fsp3) is 0. The van der Waals surface area contributed by atoms with E-state index >= 15 is 0 Å². The van der Waals surface area contributed by atoms with Gasteiger partial charge >= 0.3 is 0 Å². The zero-order chi connectivity index (χ0) is 38.6. The maximum atomic E-state index is 6.87. The van der Waals surface area contributed by atoms with Gasteiger partial charge in [0.1, 0.15) is 11.2 Å². The monoisotopic (exact) mass is 752 g/mol. The van der Waals surface area contributed by atoms with Crippen molar-refractivity contribution in [3.63, 3.8) is 0 Å². The summed E-state index contributed by atoms with van der Waals surface area (Å²) < 4.78 is 11.5. The zero-order valence-electron chi connectivity index (χ0n) is 31.7. The molecule has 0 fully saturated rings. The van der Waals surface area contributed by atoms with Crippen LogP contribution in [0.1, 0.15) is 0 Å². The third kappa shape index (κ3) is 4.67. The Kier molecular flexibility index (Phi) is 6.66. The van der Waals surface area contributed by atoms with Gasteiger partial charge in [0.15, 0.2) is 0 Å². The first-order chi connectivity index (χ1) is 29.3. The maximum Gasteiger partial charge on any atom is 0.235 e. The van der Waals surface area contributed by atoms with Crippen LogP contribution in [0, 0.1) is 0 Å². The molecule has 0 aliphatic carbocycles. The van der Waals surface area contributed by atoms with Crippen LogP contribution >= 0.6 is 0 Å². The highest BCUT2D eigenvalue weighted by Gasteiger charge is 2.23. The molecule has 13 rings (SSSR count). The molecule has 0 spiro atoms. The van der Waals surface area contributed by atoms with Crippen molar-refractivity contribution in [3.05, 3.63) is 194 Å². The molecular formula is C54H32N4O. The average molecular weight is 753 g/mol. The summed E-state index contributed by atoms with van der Waals surface area (Å²) in [6.45, 7) is 0. The molecule has 0 saturated heterocycles. The van der Waals surface area contributed by atoms with Gasteiger partial charge in [-0.15, -0.1) is 0 Å². The van der Waals surface area contributed by atoms with E-state index in [2.05, 4.69) is 203 Å². The van der Waals surface area contributed by atoms with E-state index in [0.717, 1.165) is 99.0 Å². The van der Waals surface area contributed by atoms with Crippen LogP contribution in [0.3, 0.4) is 0 Å². The molecule has 4 aromatic heterocycles. The Morgan fingerprint density at radius 2 is 0.983 bits per heavy atom. The molecule has 0 N–H and O–H groups in total. The number of benzene rings is 9. The molecular weight excluding hydrogens is 721 g/mol. The average Bonchev–Trinajstić information content (AvgIpc) is 3.96. The van der Waals surface area contributed by atoms with Crippen molar-refractivity contribution >= 4 is 87.2 Å². The Morgan fingerprint density at radius 3 is 1.76 bits per heavy atom. The molecule has 0 unspecified atom stereocenters. The first-order valence-electron chi connectivity index (χ1n) is 20.0. The van der Waals surface area contributed by atoms with E-state index in [9.17, 15) is 0 Å². The second-order valence-corrected chi connectivity index (χ2v) is 15.3. The van der Waals surface area contributed by atoms with Gasteiger partial charge in [0.25, 0.3) is 0 Å². The van der Waals surface area contributed by atoms with E-state index in [4.69, 9.17) is 14.4 Å². The van der Waals surface area contributed by atoms with Gasteiger partial charge in [0.2, 0.25) is 5.95 Å². The molecule has 0 radical (unpaired) electrons. The van der Waals surface area contributed by atoms with E-state index in [-0.39, 0.29) is 0 Å². The molecule has 0 bridgehead atoms. The van der Waals surface area contributed by atoms with Crippen molar-refractivity contribution in [2.75, 3.05) is 0 Å². The quantitative estimate of drug-likeness (QED) is 0.180. The van der Waals surface area contributed by atoms with Crippen molar-refractivity contribution in [2.24, 2.45) is 0 Å². The number of fused-ring (bicyclic) bond motifs is 12. The maximum absolute atomic E-state index is 6.87. The fourth-order valence-corrected chi connectivity index (χ4v) is 9.46. The number of furan rings is 1. The SMILES string of the molecule is c1ccc(-c2cc(-c3nc(-n4c5ccccc5c5cc6c7ccccc7n(-c7ccccc7)c6cc54)nc4ccccc34)cc3c2oc2c4ccccc4ccc32)cc1. The van der Waals surface area contributed by atoms with Crippen LogP contribution in [-0.2, 0) is 0 Å². The Bertz CT molecular complexity index is 3840. The minimum absolute atomic E-state index is 0.621. The summed E-state index contributed by atoms with van der Waals surface area (Å²) >= 11 is 0. The highest BCUT2D eigenvalue weighted by atomic mass is 16.3. The van der Waals surface area contributed by atoms with Crippen LogP contribution in [0.4, 0.5) is 0 Å². The standard InChI is InChI=1S/C54H32N4O/c1-3-15-33(16-4-1)42-29-35(30-45-40-28-27-34-17-7-8-20-37(34)52(40)59-53(42)45)51-41-23-9-12-24-46(41)55-54(56-51)58-48-26-14-11-22-39(48)44-31-43-38-21-10-13-25-47(38)57(49(43)32-50(44)58)36-18-5-2-6-19-36/h1-32H. The van der Waals surface area contributed by atoms with Crippen LogP contribution in [0.2, 0.25) is 0 Å². The van der Waals surface area contributed by atoms with Crippen LogP contribution in [0.5, 0.6) is 0 Å². The number of hydrogen-bond acceptors (Lipinski definition) is 3. The Morgan fingerprint density at radius 1 is 0.356 bits per heavy atom. The highest BCUT2D eigenvalue weighted by Crippen LogP contribution is 2.44. The molecule has 5 nitrogen and oxygen atoms in total. The summed E-state index contributed by atoms with van der Waals surface area (Å²) in [7, 11) is 0. The second-order valence-electron chi connectivity index (χ2n) is 15.3. The molecule has 59 heavy (non-hydrogen) atoms. The zero-order valence-corrected chi connectivity index (χ0v) is 31.7. The summed E-state index contributed by atoms with van der Waals surface area (Å²) in [5.41, 5.74) is 12.1.